The molecule has 3 aromatic carbocycles. The van der Waals surface area contributed by atoms with Crippen molar-refractivity contribution >= 4 is 22.5 Å². The molecule has 6 nitrogen and oxygen atoms in total. The van der Waals surface area contributed by atoms with Gasteiger partial charge < -0.3 is 14.4 Å². The molecule has 0 spiro atoms. The van der Waals surface area contributed by atoms with E-state index in [4.69, 9.17) is 9.47 Å². The molecular weight excluding hydrogens is 424 g/mol. The summed E-state index contributed by atoms with van der Waals surface area (Å²) in [6.07, 6.45) is 4.54. The highest BCUT2D eigenvalue weighted by molar-refractivity contribution is 8.02. The van der Waals surface area contributed by atoms with Crippen LogP contribution >= 0.6 is 11.8 Å². The minimum atomic E-state index is -0.370. The fraction of sp³-hybridized carbons (Fsp3) is 0.280. The maximum Gasteiger partial charge on any atom is 0.264 e. The molecule has 1 aliphatic rings. The van der Waals surface area contributed by atoms with E-state index in [0.29, 0.717) is 23.1 Å². The van der Waals surface area contributed by atoms with Crippen molar-refractivity contribution in [3.63, 3.8) is 0 Å². The van der Waals surface area contributed by atoms with E-state index in [0.717, 1.165) is 24.6 Å². The molecule has 0 amide bonds. The van der Waals surface area contributed by atoms with Gasteiger partial charge in [0, 0.05) is 12.6 Å². The highest BCUT2D eigenvalue weighted by Crippen LogP contribution is 2.38. The number of thioether (sulfide) groups is 1. The smallest absolute Gasteiger partial charge is 0.264 e. The first-order chi connectivity index (χ1) is 15.5. The lowest BCUT2D eigenvalue weighted by atomic mass is 9.89. The Hall–Kier alpha value is -3.19. The summed E-state index contributed by atoms with van der Waals surface area (Å²) in [5.41, 5.74) is 3.52. The Morgan fingerprint density at radius 1 is 1.12 bits per heavy atom. The molecule has 0 saturated carbocycles. The fourth-order valence-corrected chi connectivity index (χ4v) is 5.12. The maximum absolute atomic E-state index is 11.3. The van der Waals surface area contributed by atoms with Gasteiger partial charge in [0.2, 0.25) is 0 Å². The second-order valence-corrected chi connectivity index (χ2v) is 8.59. The molecule has 0 saturated heterocycles. The summed E-state index contributed by atoms with van der Waals surface area (Å²) in [6.45, 7) is 0.575. The summed E-state index contributed by atoms with van der Waals surface area (Å²) < 4.78 is 11.0. The summed E-state index contributed by atoms with van der Waals surface area (Å²) in [6, 6.07) is 18.8. The SMILES string of the molecule is COc1cc2c(cc1OC)CN(/C(=C\[N+](=O)[O-])SC)C(Cc1cccc3ccccc13)C2. The van der Waals surface area contributed by atoms with E-state index in [9.17, 15) is 10.1 Å². The molecule has 166 valence electrons. The topological polar surface area (TPSA) is 64.8 Å². The van der Waals surface area contributed by atoms with E-state index in [-0.39, 0.29) is 11.0 Å². The third-order valence-corrected chi connectivity index (χ3v) is 6.74. The van der Waals surface area contributed by atoms with Crippen molar-refractivity contribution < 1.29 is 14.4 Å². The number of hydrogen-bond acceptors (Lipinski definition) is 6. The highest BCUT2D eigenvalue weighted by atomic mass is 32.2. The molecule has 0 radical (unpaired) electrons. The number of hydrogen-bond donors (Lipinski definition) is 0. The lowest BCUT2D eigenvalue weighted by Crippen LogP contribution is -2.40. The van der Waals surface area contributed by atoms with Gasteiger partial charge in [-0.2, -0.15) is 0 Å². The van der Waals surface area contributed by atoms with Crippen LogP contribution in [0.15, 0.2) is 65.8 Å². The van der Waals surface area contributed by atoms with Gasteiger partial charge in [0.25, 0.3) is 6.20 Å². The first-order valence-corrected chi connectivity index (χ1v) is 11.6. The van der Waals surface area contributed by atoms with Crippen LogP contribution in [0.5, 0.6) is 11.5 Å². The molecule has 3 aromatic rings. The van der Waals surface area contributed by atoms with Crippen LogP contribution < -0.4 is 9.47 Å². The van der Waals surface area contributed by atoms with Gasteiger partial charge in [-0.3, -0.25) is 10.1 Å². The normalized spacial score (nSPS) is 16.0. The zero-order chi connectivity index (χ0) is 22.7. The highest BCUT2D eigenvalue weighted by Gasteiger charge is 2.30. The fourth-order valence-electron chi connectivity index (χ4n) is 4.48. The van der Waals surface area contributed by atoms with E-state index < -0.39 is 0 Å². The number of benzene rings is 3. The van der Waals surface area contributed by atoms with Crippen molar-refractivity contribution in [3.8, 4) is 11.5 Å². The molecule has 0 aromatic heterocycles. The van der Waals surface area contributed by atoms with Crippen LogP contribution in [0.2, 0.25) is 0 Å². The number of fused-ring (bicyclic) bond motifs is 2. The molecule has 4 rings (SSSR count). The zero-order valence-corrected chi connectivity index (χ0v) is 19.2. The third-order valence-electron chi connectivity index (χ3n) is 5.99. The Bertz CT molecular complexity index is 1170. The van der Waals surface area contributed by atoms with Gasteiger partial charge in [0.1, 0.15) is 5.03 Å². The third kappa shape index (κ3) is 4.39. The number of nitrogens with zero attached hydrogens (tertiary/aromatic N) is 2. The van der Waals surface area contributed by atoms with Gasteiger partial charge in [0.15, 0.2) is 11.5 Å². The van der Waals surface area contributed by atoms with Gasteiger partial charge in [-0.15, -0.1) is 11.8 Å². The van der Waals surface area contributed by atoms with Gasteiger partial charge in [0.05, 0.1) is 19.1 Å². The average molecular weight is 451 g/mol. The Morgan fingerprint density at radius 2 is 1.81 bits per heavy atom. The summed E-state index contributed by atoms with van der Waals surface area (Å²) in [5.74, 6) is 1.37. The Morgan fingerprint density at radius 3 is 2.50 bits per heavy atom. The number of nitro groups is 1. The van der Waals surface area contributed by atoms with Crippen LogP contribution in [-0.4, -0.2) is 36.3 Å². The standard InChI is InChI=1S/C25H26N2O4S/c1-30-23-13-19-12-21(11-18-9-6-8-17-7-4-5-10-22(17)18)26(25(32-3)16-27(28)29)15-20(19)14-24(23)31-2/h4-10,13-14,16,21H,11-12,15H2,1-3H3/b25-16+. The van der Waals surface area contributed by atoms with Crippen molar-refractivity contribution in [1.82, 2.24) is 4.90 Å². The molecule has 7 heteroatoms. The van der Waals surface area contributed by atoms with Crippen molar-refractivity contribution in [3.05, 3.63) is 92.6 Å². The van der Waals surface area contributed by atoms with Gasteiger partial charge in [-0.05, 0) is 58.7 Å². The van der Waals surface area contributed by atoms with Crippen LogP contribution in [-0.2, 0) is 19.4 Å². The molecule has 32 heavy (non-hydrogen) atoms. The molecular formula is C25H26N2O4S. The van der Waals surface area contributed by atoms with Crippen molar-refractivity contribution in [2.45, 2.75) is 25.4 Å². The van der Waals surface area contributed by atoms with Crippen LogP contribution in [0.4, 0.5) is 0 Å². The minimum absolute atomic E-state index is 0.0741. The zero-order valence-electron chi connectivity index (χ0n) is 18.4. The van der Waals surface area contributed by atoms with E-state index >= 15 is 0 Å². The van der Waals surface area contributed by atoms with Gasteiger partial charge in [-0.25, -0.2) is 0 Å². The molecule has 0 N–H and O–H groups in total. The second-order valence-electron chi connectivity index (χ2n) is 7.76. The van der Waals surface area contributed by atoms with E-state index in [1.807, 2.05) is 24.5 Å². The first-order valence-electron chi connectivity index (χ1n) is 10.4. The van der Waals surface area contributed by atoms with Crippen molar-refractivity contribution in [2.75, 3.05) is 20.5 Å². The second kappa shape index (κ2) is 9.53. The van der Waals surface area contributed by atoms with Gasteiger partial charge in [-0.1, -0.05) is 42.5 Å². The lowest BCUT2D eigenvalue weighted by molar-refractivity contribution is -0.403. The van der Waals surface area contributed by atoms with Crippen LogP contribution in [0.25, 0.3) is 10.8 Å². The summed E-state index contributed by atoms with van der Waals surface area (Å²) in [5, 5.41) is 14.4. The molecule has 1 aliphatic heterocycles. The lowest BCUT2D eigenvalue weighted by Gasteiger charge is -2.39. The van der Waals surface area contributed by atoms with Crippen LogP contribution in [0.3, 0.4) is 0 Å². The first kappa shape index (κ1) is 22.0. The van der Waals surface area contributed by atoms with Crippen LogP contribution in [0.1, 0.15) is 16.7 Å². The van der Waals surface area contributed by atoms with E-state index in [1.54, 1.807) is 14.2 Å². The predicted octanol–water partition coefficient (Wildman–Crippen LogP) is 5.27. The monoisotopic (exact) mass is 450 g/mol. The largest absolute Gasteiger partial charge is 0.493 e. The molecule has 1 heterocycles. The molecule has 1 unspecified atom stereocenters. The molecule has 1 atom stereocenters. The van der Waals surface area contributed by atoms with E-state index in [1.165, 1.54) is 33.7 Å². The average Bonchev–Trinajstić information content (AvgIpc) is 2.81. The predicted molar refractivity (Wildman–Crippen MR) is 129 cm³/mol. The molecule has 0 fully saturated rings. The summed E-state index contributed by atoms with van der Waals surface area (Å²) in [7, 11) is 3.26. The Kier molecular flexibility index (Phi) is 6.55. The molecule has 0 aliphatic carbocycles. The van der Waals surface area contributed by atoms with Crippen molar-refractivity contribution in [2.24, 2.45) is 0 Å². The minimum Gasteiger partial charge on any atom is -0.493 e. The summed E-state index contributed by atoms with van der Waals surface area (Å²) in [4.78, 5) is 13.1. The number of rotatable bonds is 7. The maximum atomic E-state index is 11.3. The van der Waals surface area contributed by atoms with Gasteiger partial charge >= 0.3 is 0 Å². The van der Waals surface area contributed by atoms with Crippen molar-refractivity contribution in [1.29, 1.82) is 0 Å². The van der Waals surface area contributed by atoms with Crippen LogP contribution in [0, 0.1) is 10.1 Å². The number of methoxy groups -OCH3 is 2. The molecule has 0 bridgehead atoms. The van der Waals surface area contributed by atoms with E-state index in [2.05, 4.69) is 41.3 Å². The quantitative estimate of drug-likeness (QED) is 0.361. The Labute approximate surface area is 192 Å². The Balaban J connectivity index is 1.78. The number of ether oxygens (including phenoxy) is 2. The summed E-state index contributed by atoms with van der Waals surface area (Å²) >= 11 is 1.40.